The van der Waals surface area contributed by atoms with Gasteiger partial charge in [-0.05, 0) is 32.0 Å². The standard InChI is InChI=1S/C13H21N5O/c14-4-1-2-6-17-7-9-18(10-8-17)13(19)12-3-5-15-16-11-12/h3,5,11H,1-2,4,6-10,14H2. The van der Waals surface area contributed by atoms with Crippen molar-refractivity contribution in [3.8, 4) is 0 Å². The first kappa shape index (κ1) is 13.9. The molecule has 0 bridgehead atoms. The lowest BCUT2D eigenvalue weighted by Gasteiger charge is -2.34. The van der Waals surface area contributed by atoms with Crippen LogP contribution in [0, 0.1) is 0 Å². The van der Waals surface area contributed by atoms with Gasteiger partial charge in [-0.1, -0.05) is 0 Å². The molecule has 1 fully saturated rings. The Balaban J connectivity index is 1.78. The van der Waals surface area contributed by atoms with E-state index in [9.17, 15) is 4.79 Å². The Hall–Kier alpha value is -1.53. The third kappa shape index (κ3) is 3.97. The topological polar surface area (TPSA) is 75.3 Å². The highest BCUT2D eigenvalue weighted by molar-refractivity contribution is 5.93. The van der Waals surface area contributed by atoms with Crippen molar-refractivity contribution in [1.29, 1.82) is 0 Å². The van der Waals surface area contributed by atoms with Gasteiger partial charge in [0.25, 0.3) is 5.91 Å². The summed E-state index contributed by atoms with van der Waals surface area (Å²) in [6, 6.07) is 1.71. The molecule has 2 heterocycles. The molecule has 1 aromatic rings. The molecule has 0 radical (unpaired) electrons. The lowest BCUT2D eigenvalue weighted by atomic mass is 10.2. The molecule has 19 heavy (non-hydrogen) atoms. The van der Waals surface area contributed by atoms with E-state index in [0.717, 1.165) is 52.1 Å². The van der Waals surface area contributed by atoms with Gasteiger partial charge in [0.15, 0.2) is 0 Å². The van der Waals surface area contributed by atoms with Crippen LogP contribution in [-0.2, 0) is 0 Å². The third-order valence-electron chi connectivity index (χ3n) is 3.42. The Kier molecular flexibility index (Phi) is 5.23. The summed E-state index contributed by atoms with van der Waals surface area (Å²) < 4.78 is 0. The number of amides is 1. The number of hydrogen-bond donors (Lipinski definition) is 1. The van der Waals surface area contributed by atoms with Crippen LogP contribution in [0.2, 0.25) is 0 Å². The fourth-order valence-corrected chi connectivity index (χ4v) is 2.25. The molecule has 2 rings (SSSR count). The fourth-order valence-electron chi connectivity index (χ4n) is 2.25. The van der Waals surface area contributed by atoms with Crippen LogP contribution in [0.15, 0.2) is 18.5 Å². The number of carbonyl (C=O) groups is 1. The van der Waals surface area contributed by atoms with Crippen molar-refractivity contribution in [1.82, 2.24) is 20.0 Å². The zero-order chi connectivity index (χ0) is 13.5. The van der Waals surface area contributed by atoms with E-state index in [4.69, 9.17) is 5.73 Å². The van der Waals surface area contributed by atoms with E-state index in [1.165, 1.54) is 6.20 Å². The molecule has 1 aromatic heterocycles. The van der Waals surface area contributed by atoms with Gasteiger partial charge in [-0.3, -0.25) is 9.69 Å². The average molecular weight is 263 g/mol. The summed E-state index contributed by atoms with van der Waals surface area (Å²) in [7, 11) is 0. The van der Waals surface area contributed by atoms with Crippen molar-refractivity contribution in [3.05, 3.63) is 24.0 Å². The average Bonchev–Trinajstić information content (AvgIpc) is 2.48. The molecule has 1 aliphatic rings. The van der Waals surface area contributed by atoms with Gasteiger partial charge >= 0.3 is 0 Å². The second-order valence-corrected chi connectivity index (χ2v) is 4.76. The van der Waals surface area contributed by atoms with E-state index in [1.54, 1.807) is 12.3 Å². The van der Waals surface area contributed by atoms with Gasteiger partial charge in [-0.15, -0.1) is 0 Å². The summed E-state index contributed by atoms with van der Waals surface area (Å²) in [5.41, 5.74) is 6.11. The minimum Gasteiger partial charge on any atom is -0.336 e. The van der Waals surface area contributed by atoms with E-state index in [0.29, 0.717) is 5.56 Å². The van der Waals surface area contributed by atoms with Gasteiger partial charge in [-0.2, -0.15) is 10.2 Å². The second-order valence-electron chi connectivity index (χ2n) is 4.76. The van der Waals surface area contributed by atoms with E-state index in [-0.39, 0.29) is 5.91 Å². The molecule has 0 unspecified atom stereocenters. The zero-order valence-electron chi connectivity index (χ0n) is 11.2. The summed E-state index contributed by atoms with van der Waals surface area (Å²) in [5, 5.41) is 7.43. The number of unbranched alkanes of at least 4 members (excludes halogenated alkanes) is 1. The Morgan fingerprint density at radius 2 is 2.00 bits per heavy atom. The van der Waals surface area contributed by atoms with Gasteiger partial charge in [0, 0.05) is 26.2 Å². The van der Waals surface area contributed by atoms with Gasteiger partial charge in [-0.25, -0.2) is 0 Å². The molecular weight excluding hydrogens is 242 g/mol. The first-order valence-corrected chi connectivity index (χ1v) is 6.79. The van der Waals surface area contributed by atoms with E-state index < -0.39 is 0 Å². The number of hydrogen-bond acceptors (Lipinski definition) is 5. The van der Waals surface area contributed by atoms with Crippen molar-refractivity contribution in [3.63, 3.8) is 0 Å². The maximum Gasteiger partial charge on any atom is 0.255 e. The highest BCUT2D eigenvalue weighted by Crippen LogP contribution is 2.08. The Morgan fingerprint density at radius 3 is 2.63 bits per heavy atom. The molecule has 6 nitrogen and oxygen atoms in total. The smallest absolute Gasteiger partial charge is 0.255 e. The predicted octanol–water partition coefficient (Wildman–Crippen LogP) is -0.0267. The van der Waals surface area contributed by atoms with Crippen LogP contribution >= 0.6 is 0 Å². The number of nitrogens with two attached hydrogens (primary N) is 1. The molecule has 104 valence electrons. The zero-order valence-corrected chi connectivity index (χ0v) is 11.2. The van der Waals surface area contributed by atoms with Crippen LogP contribution in [-0.4, -0.2) is 65.2 Å². The largest absolute Gasteiger partial charge is 0.336 e. The second kappa shape index (κ2) is 7.16. The number of carbonyl (C=O) groups excluding carboxylic acids is 1. The molecule has 1 saturated heterocycles. The van der Waals surface area contributed by atoms with Gasteiger partial charge < -0.3 is 10.6 Å². The van der Waals surface area contributed by atoms with E-state index >= 15 is 0 Å². The highest BCUT2D eigenvalue weighted by atomic mass is 16.2. The van der Waals surface area contributed by atoms with Crippen LogP contribution in [0.5, 0.6) is 0 Å². The molecule has 0 saturated carbocycles. The van der Waals surface area contributed by atoms with Crippen LogP contribution < -0.4 is 5.73 Å². The van der Waals surface area contributed by atoms with Crippen LogP contribution in [0.3, 0.4) is 0 Å². The molecule has 1 aliphatic heterocycles. The molecule has 0 atom stereocenters. The maximum atomic E-state index is 12.2. The number of nitrogens with zero attached hydrogens (tertiary/aromatic N) is 4. The Morgan fingerprint density at radius 1 is 1.21 bits per heavy atom. The molecular formula is C13H21N5O. The fraction of sp³-hybridized carbons (Fsp3) is 0.615. The molecule has 6 heteroatoms. The third-order valence-corrected chi connectivity index (χ3v) is 3.42. The van der Waals surface area contributed by atoms with Crippen molar-refractivity contribution in [2.45, 2.75) is 12.8 Å². The first-order valence-electron chi connectivity index (χ1n) is 6.79. The van der Waals surface area contributed by atoms with Crippen molar-refractivity contribution < 1.29 is 4.79 Å². The molecule has 0 aliphatic carbocycles. The normalized spacial score (nSPS) is 16.6. The molecule has 2 N–H and O–H groups in total. The Labute approximate surface area is 113 Å². The monoisotopic (exact) mass is 263 g/mol. The number of piperazine rings is 1. The van der Waals surface area contributed by atoms with Gasteiger partial charge in [0.1, 0.15) is 0 Å². The van der Waals surface area contributed by atoms with Crippen molar-refractivity contribution in [2.24, 2.45) is 5.73 Å². The summed E-state index contributed by atoms with van der Waals surface area (Å²) in [6.45, 7) is 5.28. The summed E-state index contributed by atoms with van der Waals surface area (Å²) in [5.74, 6) is 0.0523. The van der Waals surface area contributed by atoms with Crippen molar-refractivity contribution >= 4 is 5.91 Å². The lowest BCUT2D eigenvalue weighted by molar-refractivity contribution is 0.0635. The van der Waals surface area contributed by atoms with Crippen LogP contribution in [0.1, 0.15) is 23.2 Å². The SMILES string of the molecule is NCCCCN1CCN(C(=O)c2ccnnc2)CC1. The van der Waals surface area contributed by atoms with Crippen LogP contribution in [0.25, 0.3) is 0 Å². The van der Waals surface area contributed by atoms with Crippen LogP contribution in [0.4, 0.5) is 0 Å². The predicted molar refractivity (Wildman–Crippen MR) is 72.7 cm³/mol. The minimum absolute atomic E-state index is 0.0523. The number of rotatable bonds is 5. The van der Waals surface area contributed by atoms with Crippen molar-refractivity contribution in [2.75, 3.05) is 39.3 Å². The lowest BCUT2D eigenvalue weighted by Crippen LogP contribution is -2.48. The maximum absolute atomic E-state index is 12.2. The molecule has 0 aromatic carbocycles. The quantitative estimate of drug-likeness (QED) is 0.755. The highest BCUT2D eigenvalue weighted by Gasteiger charge is 2.21. The summed E-state index contributed by atoms with van der Waals surface area (Å²) in [4.78, 5) is 16.5. The van der Waals surface area contributed by atoms with E-state index in [1.807, 2.05) is 4.90 Å². The summed E-state index contributed by atoms with van der Waals surface area (Å²) in [6.07, 6.45) is 5.28. The number of aromatic nitrogens is 2. The molecule has 1 amide bonds. The first-order chi connectivity index (χ1) is 9.31. The Bertz CT molecular complexity index is 389. The van der Waals surface area contributed by atoms with Gasteiger partial charge in [0.05, 0.1) is 18.0 Å². The molecule has 0 spiro atoms. The van der Waals surface area contributed by atoms with Gasteiger partial charge in [0.2, 0.25) is 0 Å². The van der Waals surface area contributed by atoms with E-state index in [2.05, 4.69) is 15.1 Å². The summed E-state index contributed by atoms with van der Waals surface area (Å²) >= 11 is 0. The minimum atomic E-state index is 0.0523.